The van der Waals surface area contributed by atoms with Crippen molar-refractivity contribution in [3.05, 3.63) is 35.9 Å². The van der Waals surface area contributed by atoms with Crippen LogP contribution < -0.4 is 0 Å². The zero-order valence-electron chi connectivity index (χ0n) is 10.7. The maximum atomic E-state index is 11.0. The molecule has 0 amide bonds. The number of hydrogen-bond donors (Lipinski definition) is 2. The van der Waals surface area contributed by atoms with Crippen LogP contribution in [0.5, 0.6) is 0 Å². The zero-order valence-corrected chi connectivity index (χ0v) is 10.7. The van der Waals surface area contributed by atoms with Gasteiger partial charge in [0.15, 0.2) is 0 Å². The van der Waals surface area contributed by atoms with Crippen LogP contribution in [-0.4, -0.2) is 22.4 Å². The molecule has 19 heavy (non-hydrogen) atoms. The molecule has 2 nitrogen and oxygen atoms in total. The fourth-order valence-electron chi connectivity index (χ4n) is 7.93. The summed E-state index contributed by atoms with van der Waals surface area (Å²) in [5, 5.41) is 21.8. The highest BCUT2D eigenvalue weighted by molar-refractivity contribution is 5.47. The van der Waals surface area contributed by atoms with E-state index in [1.165, 1.54) is 12.0 Å². The number of aliphatic hydroxyl groups is 2. The van der Waals surface area contributed by atoms with E-state index in [1.807, 2.05) is 6.07 Å². The summed E-state index contributed by atoms with van der Waals surface area (Å²) in [5.74, 6) is 3.93. The number of rotatable bonds is 1. The van der Waals surface area contributed by atoms with E-state index < -0.39 is 0 Å². The Morgan fingerprint density at radius 3 is 2.47 bits per heavy atom. The van der Waals surface area contributed by atoms with Crippen LogP contribution in [0.4, 0.5) is 0 Å². The molecular weight excluding hydrogens is 236 g/mol. The van der Waals surface area contributed by atoms with Crippen molar-refractivity contribution in [2.75, 3.05) is 0 Å². The van der Waals surface area contributed by atoms with Gasteiger partial charge in [0, 0.05) is 11.3 Å². The lowest BCUT2D eigenvalue weighted by Crippen LogP contribution is -2.44. The van der Waals surface area contributed by atoms with Crippen molar-refractivity contribution < 1.29 is 10.2 Å². The van der Waals surface area contributed by atoms with Crippen molar-refractivity contribution in [2.24, 2.45) is 41.4 Å². The molecule has 1 aromatic carbocycles. The molecule has 0 unspecified atom stereocenters. The van der Waals surface area contributed by atoms with Gasteiger partial charge in [0.05, 0.1) is 12.2 Å². The van der Waals surface area contributed by atoms with E-state index in [-0.39, 0.29) is 17.6 Å². The summed E-state index contributed by atoms with van der Waals surface area (Å²) >= 11 is 0. The molecule has 6 fully saturated rings. The molecule has 7 rings (SSSR count). The summed E-state index contributed by atoms with van der Waals surface area (Å²) in [4.78, 5) is 0. The van der Waals surface area contributed by atoms with Gasteiger partial charge in [-0.3, -0.25) is 0 Å². The Morgan fingerprint density at radius 1 is 0.895 bits per heavy atom. The Kier molecular flexibility index (Phi) is 1.38. The van der Waals surface area contributed by atoms with Crippen LogP contribution in [0.15, 0.2) is 30.3 Å². The van der Waals surface area contributed by atoms with E-state index in [0.29, 0.717) is 35.5 Å². The highest BCUT2D eigenvalue weighted by Gasteiger charge is 2.89. The molecule has 6 aliphatic carbocycles. The molecule has 2 heteroatoms. The smallest absolute Gasteiger partial charge is 0.0677 e. The first-order chi connectivity index (χ1) is 9.28. The Morgan fingerprint density at radius 2 is 1.68 bits per heavy atom. The van der Waals surface area contributed by atoms with Gasteiger partial charge >= 0.3 is 0 Å². The fraction of sp³-hybridized carbons (Fsp3) is 0.647. The van der Waals surface area contributed by atoms with Gasteiger partial charge in [-0.05, 0) is 47.5 Å². The van der Waals surface area contributed by atoms with E-state index >= 15 is 0 Å². The van der Waals surface area contributed by atoms with Crippen LogP contribution in [0, 0.1) is 41.4 Å². The molecular formula is C17H18O2. The first kappa shape index (κ1) is 9.95. The normalized spacial score (nSPS) is 65.9. The summed E-state index contributed by atoms with van der Waals surface area (Å²) in [6.07, 6.45) is 0.934. The minimum atomic E-state index is -0.202. The second-order valence-corrected chi connectivity index (χ2v) is 7.58. The van der Waals surface area contributed by atoms with E-state index in [0.717, 1.165) is 5.92 Å². The van der Waals surface area contributed by atoms with E-state index in [4.69, 9.17) is 0 Å². The minimum Gasteiger partial charge on any atom is -0.392 e. The highest BCUT2D eigenvalue weighted by Crippen LogP contribution is 2.86. The third-order valence-electron chi connectivity index (χ3n) is 7.76. The first-order valence-electron chi connectivity index (χ1n) is 7.69. The van der Waals surface area contributed by atoms with E-state index in [1.54, 1.807) is 0 Å². The molecule has 0 spiro atoms. The lowest BCUT2D eigenvalue weighted by Gasteiger charge is -2.42. The number of hydrogen-bond acceptors (Lipinski definition) is 2. The van der Waals surface area contributed by atoms with Gasteiger partial charge in [-0.1, -0.05) is 30.3 Å². The quantitative estimate of drug-likeness (QED) is 0.795. The van der Waals surface area contributed by atoms with Crippen molar-refractivity contribution in [3.63, 3.8) is 0 Å². The highest BCUT2D eigenvalue weighted by atomic mass is 16.3. The Bertz CT molecular complexity index is 580. The molecule has 1 aromatic rings. The molecule has 6 saturated carbocycles. The van der Waals surface area contributed by atoms with Gasteiger partial charge in [0.2, 0.25) is 0 Å². The summed E-state index contributed by atoms with van der Waals surface area (Å²) < 4.78 is 0. The van der Waals surface area contributed by atoms with Gasteiger partial charge in [-0.15, -0.1) is 0 Å². The molecule has 6 bridgehead atoms. The predicted molar refractivity (Wildman–Crippen MR) is 69.2 cm³/mol. The van der Waals surface area contributed by atoms with Crippen LogP contribution in [0.3, 0.4) is 0 Å². The molecule has 2 N–H and O–H groups in total. The predicted octanol–water partition coefficient (Wildman–Crippen LogP) is 1.42. The topological polar surface area (TPSA) is 40.5 Å². The first-order valence-corrected chi connectivity index (χ1v) is 7.69. The number of benzene rings is 1. The van der Waals surface area contributed by atoms with Crippen LogP contribution in [0.25, 0.3) is 0 Å². The molecule has 0 radical (unpaired) electrons. The van der Waals surface area contributed by atoms with Crippen molar-refractivity contribution in [1.82, 2.24) is 0 Å². The van der Waals surface area contributed by atoms with Gasteiger partial charge in [-0.2, -0.15) is 0 Å². The Balaban J connectivity index is 1.68. The molecule has 98 valence electrons. The third kappa shape index (κ3) is 0.696. The molecule has 0 heterocycles. The average molecular weight is 254 g/mol. The zero-order chi connectivity index (χ0) is 12.5. The molecule has 10 atom stereocenters. The van der Waals surface area contributed by atoms with Gasteiger partial charge in [0.1, 0.15) is 0 Å². The van der Waals surface area contributed by atoms with Crippen LogP contribution in [0.1, 0.15) is 12.0 Å². The monoisotopic (exact) mass is 254 g/mol. The van der Waals surface area contributed by atoms with E-state index in [9.17, 15) is 10.2 Å². The van der Waals surface area contributed by atoms with Crippen LogP contribution >= 0.6 is 0 Å². The summed E-state index contributed by atoms with van der Waals surface area (Å²) in [6, 6.07) is 10.6. The second-order valence-electron chi connectivity index (χ2n) is 7.58. The van der Waals surface area contributed by atoms with Crippen molar-refractivity contribution in [3.8, 4) is 0 Å². The van der Waals surface area contributed by atoms with E-state index in [2.05, 4.69) is 24.3 Å². The fourth-order valence-corrected chi connectivity index (χ4v) is 7.93. The summed E-state index contributed by atoms with van der Waals surface area (Å²) in [6.45, 7) is 0. The average Bonchev–Trinajstić information content (AvgIpc) is 3.15. The van der Waals surface area contributed by atoms with Crippen molar-refractivity contribution in [2.45, 2.75) is 24.0 Å². The number of aliphatic hydroxyl groups excluding tert-OH is 2. The van der Waals surface area contributed by atoms with Crippen LogP contribution in [-0.2, 0) is 5.41 Å². The van der Waals surface area contributed by atoms with Gasteiger partial charge in [0.25, 0.3) is 0 Å². The Labute approximate surface area is 112 Å². The molecule has 0 saturated heterocycles. The maximum absolute atomic E-state index is 11.0. The molecule has 0 aliphatic heterocycles. The molecule has 6 aliphatic rings. The largest absolute Gasteiger partial charge is 0.392 e. The third-order valence-corrected chi connectivity index (χ3v) is 7.76. The van der Waals surface area contributed by atoms with Crippen LogP contribution in [0.2, 0.25) is 0 Å². The minimum absolute atomic E-state index is 0.0989. The van der Waals surface area contributed by atoms with Crippen molar-refractivity contribution in [1.29, 1.82) is 0 Å². The second kappa shape index (κ2) is 2.64. The SMILES string of the molecule is O[C@@H]1[C@@H]2[C@@H]3C[C@@H]4[C@@H]5[C@@H]3[C@@H]1[C@@](c1ccccc1)([C@@H]42)[C@H]5O. The molecule has 0 aromatic heterocycles. The lowest BCUT2D eigenvalue weighted by atomic mass is 9.61. The standard InChI is InChI=1S/C17H18O2/c18-15-12-8-6-9-11-10(8)14(15)17(13(9)12,16(11)19)7-4-2-1-3-5-7/h1-5,8-16,18-19H,6H2/t8-,9-,10-,11-,12-,13+,14+,15-,16+,17-/m1/s1. The lowest BCUT2D eigenvalue weighted by molar-refractivity contribution is 0.0683. The van der Waals surface area contributed by atoms with Gasteiger partial charge < -0.3 is 10.2 Å². The van der Waals surface area contributed by atoms with Crippen molar-refractivity contribution >= 4 is 0 Å². The van der Waals surface area contributed by atoms with Gasteiger partial charge in [-0.25, -0.2) is 0 Å². The maximum Gasteiger partial charge on any atom is 0.0677 e. The summed E-state index contributed by atoms with van der Waals surface area (Å²) in [5.41, 5.74) is 1.20. The summed E-state index contributed by atoms with van der Waals surface area (Å²) in [7, 11) is 0. The Hall–Kier alpha value is -0.860.